The number of benzene rings is 2. The van der Waals surface area contributed by atoms with E-state index in [2.05, 4.69) is 0 Å². The zero-order chi connectivity index (χ0) is 16.7. The van der Waals surface area contributed by atoms with Crippen molar-refractivity contribution in [2.45, 2.75) is 13.5 Å². The van der Waals surface area contributed by atoms with Crippen molar-refractivity contribution in [1.29, 1.82) is 5.26 Å². The average Bonchev–Trinajstić information content (AvgIpc) is 2.56. The Kier molecular flexibility index (Phi) is 6.28. The molecule has 0 bridgehead atoms. The molecule has 2 aromatic rings. The van der Waals surface area contributed by atoms with Crippen molar-refractivity contribution in [1.82, 2.24) is 4.90 Å². The molecule has 2 aromatic carbocycles. The zero-order valence-corrected chi connectivity index (χ0v) is 14.1. The van der Waals surface area contributed by atoms with Crippen molar-refractivity contribution in [2.24, 2.45) is 0 Å². The Morgan fingerprint density at radius 1 is 1.22 bits per heavy atom. The number of amides is 1. The van der Waals surface area contributed by atoms with Gasteiger partial charge in [0.15, 0.2) is 0 Å². The molecular formula is C18H15ClN2OS. The third-order valence-electron chi connectivity index (χ3n) is 3.22. The minimum Gasteiger partial charge on any atom is -0.307 e. The van der Waals surface area contributed by atoms with Crippen LogP contribution >= 0.6 is 23.4 Å². The lowest BCUT2D eigenvalue weighted by molar-refractivity contribution is -0.126. The molecule has 0 aromatic heterocycles. The first kappa shape index (κ1) is 17.1. The molecule has 0 aliphatic rings. The number of thioether (sulfide) groups is 1. The number of carbonyl (C=O) groups is 1. The lowest BCUT2D eigenvalue weighted by atomic mass is 10.1. The van der Waals surface area contributed by atoms with Gasteiger partial charge in [-0.1, -0.05) is 54.1 Å². The molecule has 1 amide bonds. The predicted molar refractivity (Wildman–Crippen MR) is 95.3 cm³/mol. The highest BCUT2D eigenvalue weighted by Crippen LogP contribution is 2.26. The highest BCUT2D eigenvalue weighted by molar-refractivity contribution is 8.06. The number of nitriles is 1. The molecule has 0 fully saturated rings. The van der Waals surface area contributed by atoms with Crippen LogP contribution in [0.15, 0.2) is 60.0 Å². The number of thiocyanates is 1. The molecule has 2 rings (SSSR count). The van der Waals surface area contributed by atoms with Crippen LogP contribution in [0.1, 0.15) is 18.1 Å². The summed E-state index contributed by atoms with van der Waals surface area (Å²) in [5, 5.41) is 13.2. The van der Waals surface area contributed by atoms with Gasteiger partial charge in [-0.05, 0) is 35.0 Å². The molecule has 116 valence electrons. The Morgan fingerprint density at radius 2 is 1.87 bits per heavy atom. The van der Waals surface area contributed by atoms with Crippen molar-refractivity contribution in [3.05, 3.63) is 76.2 Å². The van der Waals surface area contributed by atoms with Crippen LogP contribution in [0.2, 0.25) is 5.02 Å². The number of hydrogen-bond acceptors (Lipinski definition) is 3. The van der Waals surface area contributed by atoms with Gasteiger partial charge in [0.05, 0.1) is 12.2 Å². The third-order valence-corrected chi connectivity index (χ3v) is 3.92. The van der Waals surface area contributed by atoms with Crippen molar-refractivity contribution >= 4 is 35.0 Å². The van der Waals surface area contributed by atoms with Crippen LogP contribution in [0.25, 0.3) is 5.70 Å². The van der Waals surface area contributed by atoms with Gasteiger partial charge in [0.25, 0.3) is 0 Å². The van der Waals surface area contributed by atoms with Crippen molar-refractivity contribution in [2.75, 3.05) is 0 Å². The van der Waals surface area contributed by atoms with E-state index in [1.54, 1.807) is 22.4 Å². The summed E-state index contributed by atoms with van der Waals surface area (Å²) in [5.41, 5.74) is 2.54. The van der Waals surface area contributed by atoms with Gasteiger partial charge in [-0.25, -0.2) is 0 Å². The summed E-state index contributed by atoms with van der Waals surface area (Å²) in [6.07, 6.45) is 0. The van der Waals surface area contributed by atoms with Gasteiger partial charge >= 0.3 is 0 Å². The summed E-state index contributed by atoms with van der Waals surface area (Å²) in [6, 6.07) is 16.9. The maximum atomic E-state index is 12.2. The minimum absolute atomic E-state index is 0.0893. The first-order valence-electron chi connectivity index (χ1n) is 6.94. The third kappa shape index (κ3) is 4.88. The fraction of sp³-hybridized carbons (Fsp3) is 0.111. The van der Waals surface area contributed by atoms with E-state index in [4.69, 9.17) is 16.9 Å². The Hall–Kier alpha value is -2.22. The first-order valence-corrected chi connectivity index (χ1v) is 8.20. The Balaban J connectivity index is 2.39. The van der Waals surface area contributed by atoms with Gasteiger partial charge in [0, 0.05) is 17.4 Å². The van der Waals surface area contributed by atoms with Crippen LogP contribution in [-0.2, 0) is 11.3 Å². The number of nitrogens with zero attached hydrogens (tertiary/aromatic N) is 2. The van der Waals surface area contributed by atoms with Crippen LogP contribution in [0.4, 0.5) is 0 Å². The monoisotopic (exact) mass is 342 g/mol. The Morgan fingerprint density at radius 3 is 2.43 bits per heavy atom. The maximum Gasteiger partial charge on any atom is 0.224 e. The SMILES string of the molecule is CC(=O)N(Cc1ccccc1)C(=CSC#N)c1ccc(Cl)cc1. The number of carbonyl (C=O) groups excluding carboxylic acids is 1. The largest absolute Gasteiger partial charge is 0.307 e. The quantitative estimate of drug-likeness (QED) is 0.726. The molecule has 0 N–H and O–H groups in total. The normalized spacial score (nSPS) is 10.9. The fourth-order valence-corrected chi connectivity index (χ4v) is 2.68. The van der Waals surface area contributed by atoms with E-state index in [-0.39, 0.29) is 5.91 Å². The Labute approximate surface area is 145 Å². The van der Waals surface area contributed by atoms with Crippen LogP contribution in [0.5, 0.6) is 0 Å². The molecule has 0 aliphatic carbocycles. The second kappa shape index (κ2) is 8.42. The molecule has 0 atom stereocenters. The molecule has 5 heteroatoms. The molecular weight excluding hydrogens is 328 g/mol. The van der Waals surface area contributed by atoms with Gasteiger partial charge in [0.1, 0.15) is 5.40 Å². The van der Waals surface area contributed by atoms with E-state index in [0.29, 0.717) is 17.3 Å². The van der Waals surface area contributed by atoms with Crippen LogP contribution < -0.4 is 0 Å². The van der Waals surface area contributed by atoms with Crippen LogP contribution in [0, 0.1) is 10.7 Å². The van der Waals surface area contributed by atoms with E-state index in [0.717, 1.165) is 22.9 Å². The second-order valence-corrected chi connectivity index (χ2v) is 5.90. The van der Waals surface area contributed by atoms with Gasteiger partial charge < -0.3 is 4.90 Å². The van der Waals surface area contributed by atoms with Gasteiger partial charge in [-0.3, -0.25) is 4.79 Å². The lowest BCUT2D eigenvalue weighted by Gasteiger charge is -2.24. The molecule has 0 aliphatic heterocycles. The van der Waals surface area contributed by atoms with Gasteiger partial charge in [-0.15, -0.1) is 0 Å². The summed E-state index contributed by atoms with van der Waals surface area (Å²) >= 11 is 6.92. The lowest BCUT2D eigenvalue weighted by Crippen LogP contribution is -2.26. The van der Waals surface area contributed by atoms with Crippen molar-refractivity contribution in [3.63, 3.8) is 0 Å². The average molecular weight is 343 g/mol. The zero-order valence-electron chi connectivity index (χ0n) is 12.6. The topological polar surface area (TPSA) is 44.1 Å². The molecule has 0 saturated carbocycles. The van der Waals surface area contributed by atoms with E-state index >= 15 is 0 Å². The highest BCUT2D eigenvalue weighted by atomic mass is 35.5. The molecule has 0 radical (unpaired) electrons. The molecule has 0 spiro atoms. The number of rotatable bonds is 5. The highest BCUT2D eigenvalue weighted by Gasteiger charge is 2.17. The standard InChI is InChI=1S/C18H15ClN2OS/c1-14(22)21(11-15-5-3-2-4-6-15)18(12-23-13-20)16-7-9-17(19)10-8-16/h2-10,12H,11H2,1H3. The fourth-order valence-electron chi connectivity index (χ4n) is 2.12. The van der Waals surface area contributed by atoms with E-state index in [1.165, 1.54) is 6.92 Å². The summed E-state index contributed by atoms with van der Waals surface area (Å²) < 4.78 is 0. The minimum atomic E-state index is -0.0893. The molecule has 0 saturated heterocycles. The summed E-state index contributed by atoms with van der Waals surface area (Å²) in [7, 11) is 0. The summed E-state index contributed by atoms with van der Waals surface area (Å²) in [6.45, 7) is 1.96. The smallest absolute Gasteiger partial charge is 0.224 e. The van der Waals surface area contributed by atoms with Crippen LogP contribution in [0.3, 0.4) is 0 Å². The van der Waals surface area contributed by atoms with Crippen LogP contribution in [-0.4, -0.2) is 10.8 Å². The van der Waals surface area contributed by atoms with Gasteiger partial charge in [-0.2, -0.15) is 5.26 Å². The molecule has 0 heterocycles. The molecule has 3 nitrogen and oxygen atoms in total. The second-order valence-electron chi connectivity index (χ2n) is 4.81. The van der Waals surface area contributed by atoms with Crippen molar-refractivity contribution in [3.8, 4) is 5.40 Å². The number of hydrogen-bond donors (Lipinski definition) is 0. The van der Waals surface area contributed by atoms with E-state index in [1.807, 2.05) is 47.9 Å². The summed E-state index contributed by atoms with van der Waals surface area (Å²) in [5.74, 6) is -0.0893. The summed E-state index contributed by atoms with van der Waals surface area (Å²) in [4.78, 5) is 13.8. The van der Waals surface area contributed by atoms with E-state index < -0.39 is 0 Å². The molecule has 0 unspecified atom stereocenters. The van der Waals surface area contributed by atoms with Gasteiger partial charge in [0.2, 0.25) is 5.91 Å². The molecule has 23 heavy (non-hydrogen) atoms. The number of halogens is 1. The first-order chi connectivity index (χ1) is 11.1. The Bertz CT molecular complexity index is 736. The maximum absolute atomic E-state index is 12.2. The van der Waals surface area contributed by atoms with Crippen molar-refractivity contribution < 1.29 is 4.79 Å². The van der Waals surface area contributed by atoms with E-state index in [9.17, 15) is 4.79 Å². The predicted octanol–water partition coefficient (Wildman–Crippen LogP) is 4.90.